The Morgan fingerprint density at radius 2 is 1.95 bits per heavy atom. The lowest BCUT2D eigenvalue weighted by Crippen LogP contribution is -2.53. The third kappa shape index (κ3) is 4.14. The number of nitrogens with zero attached hydrogens (tertiary/aromatic N) is 5. The molecule has 0 spiro atoms. The number of likely N-dealkylation sites (tertiary alicyclic amines) is 1. The molecule has 1 fully saturated rings. The smallest absolute Gasteiger partial charge is 0.410 e. The average Bonchev–Trinajstić information content (AvgIpc) is 3.11. The lowest BCUT2D eigenvalue weighted by atomic mass is 10.0. The third-order valence-electron chi connectivity index (χ3n) is 6.53. The zero-order chi connectivity index (χ0) is 27.7. The molecule has 0 unspecified atom stereocenters. The fourth-order valence-corrected chi connectivity index (χ4v) is 4.95. The number of imidazole rings is 1. The molecule has 10 nitrogen and oxygen atoms in total. The van der Waals surface area contributed by atoms with E-state index in [4.69, 9.17) is 16.3 Å². The summed E-state index contributed by atoms with van der Waals surface area (Å²) in [6, 6.07) is 2.49. The quantitative estimate of drug-likeness (QED) is 0.383. The Labute approximate surface area is 222 Å². The van der Waals surface area contributed by atoms with Gasteiger partial charge in [-0.3, -0.25) is 18.9 Å². The van der Waals surface area contributed by atoms with Gasteiger partial charge in [-0.15, -0.1) is 0 Å². The molecule has 0 radical (unpaired) electrons. The molecule has 5 heterocycles. The van der Waals surface area contributed by atoms with Crippen LogP contribution in [0.1, 0.15) is 57.8 Å². The molecule has 0 atom stereocenters. The second-order valence-electron chi connectivity index (χ2n) is 10.9. The van der Waals surface area contributed by atoms with Crippen LogP contribution in [0.25, 0.3) is 27.8 Å². The highest BCUT2D eigenvalue weighted by molar-refractivity contribution is 6.30. The number of hydrogen-bond donors (Lipinski definition) is 1. The largest absolute Gasteiger partial charge is 0.444 e. The summed E-state index contributed by atoms with van der Waals surface area (Å²) < 4.78 is 22.9. The minimum Gasteiger partial charge on any atom is -0.444 e. The van der Waals surface area contributed by atoms with E-state index in [-0.39, 0.29) is 41.1 Å². The highest BCUT2D eigenvalue weighted by Gasteiger charge is 2.37. The molecule has 1 aliphatic heterocycles. The van der Waals surface area contributed by atoms with Gasteiger partial charge in [0.2, 0.25) is 0 Å². The molecule has 4 aromatic heterocycles. The van der Waals surface area contributed by atoms with Gasteiger partial charge in [-0.2, -0.15) is 0 Å². The number of nitrogens with one attached hydrogen (secondary N) is 1. The number of rotatable bonds is 3. The average molecular weight is 543 g/mol. The fraction of sp³-hybridized carbons (Fsp3) is 0.423. The number of fused-ring (bicyclic) bond motifs is 3. The molecule has 38 heavy (non-hydrogen) atoms. The van der Waals surface area contributed by atoms with Gasteiger partial charge in [0, 0.05) is 24.7 Å². The molecular formula is C26H28ClFN6O4. The Kier molecular flexibility index (Phi) is 6.09. The minimum atomic E-state index is -0.790. The third-order valence-corrected chi connectivity index (χ3v) is 6.79. The Balaban J connectivity index is 1.75. The number of hydrogen-bond acceptors (Lipinski definition) is 6. The van der Waals surface area contributed by atoms with E-state index >= 15 is 0 Å². The Hall–Kier alpha value is -3.73. The highest BCUT2D eigenvalue weighted by atomic mass is 35.5. The zero-order valence-corrected chi connectivity index (χ0v) is 22.7. The number of pyridine rings is 3. The fourth-order valence-electron chi connectivity index (χ4n) is 4.81. The van der Waals surface area contributed by atoms with Crippen LogP contribution in [0, 0.1) is 12.7 Å². The molecule has 12 heteroatoms. The molecule has 1 N–H and O–H groups in total. The SMILES string of the molecule is Cc1ccnc(C(C)C)c1-n1c(=O)c2[nH]c(=O)n(C3CN(C(=O)OC(C)(C)C)C3)c2c2cc(F)c(Cl)nc21. The molecular weight excluding hydrogens is 515 g/mol. The van der Waals surface area contributed by atoms with E-state index in [1.54, 1.807) is 33.0 Å². The number of aromatic nitrogens is 5. The maximum absolute atomic E-state index is 14.8. The predicted octanol–water partition coefficient (Wildman–Crippen LogP) is 4.44. The van der Waals surface area contributed by atoms with Gasteiger partial charge in [0.1, 0.15) is 11.1 Å². The van der Waals surface area contributed by atoms with Crippen LogP contribution >= 0.6 is 11.6 Å². The van der Waals surface area contributed by atoms with E-state index in [2.05, 4.69) is 15.0 Å². The summed E-state index contributed by atoms with van der Waals surface area (Å²) >= 11 is 6.09. The highest BCUT2D eigenvalue weighted by Crippen LogP contribution is 2.32. The maximum Gasteiger partial charge on any atom is 0.410 e. The van der Waals surface area contributed by atoms with Gasteiger partial charge in [0.25, 0.3) is 5.56 Å². The van der Waals surface area contributed by atoms with E-state index in [0.717, 1.165) is 5.56 Å². The summed E-state index contributed by atoms with van der Waals surface area (Å²) in [4.78, 5) is 52.5. The lowest BCUT2D eigenvalue weighted by molar-refractivity contribution is 0.00118. The van der Waals surface area contributed by atoms with Gasteiger partial charge in [-0.25, -0.2) is 19.0 Å². The van der Waals surface area contributed by atoms with Crippen LogP contribution in [-0.2, 0) is 4.74 Å². The minimum absolute atomic E-state index is 0.000278. The number of ether oxygens (including phenoxy) is 1. The summed E-state index contributed by atoms with van der Waals surface area (Å²) in [7, 11) is 0. The molecule has 1 saturated heterocycles. The normalized spacial score (nSPS) is 14.5. The molecule has 0 saturated carbocycles. The summed E-state index contributed by atoms with van der Waals surface area (Å²) in [6.07, 6.45) is 1.16. The van der Waals surface area contributed by atoms with Crippen molar-refractivity contribution in [3.63, 3.8) is 0 Å². The standard InChI is InChI=1S/C26H28ClFN6O4/c1-12(2)17-19(13(3)7-8-29-17)34-22-15(9-16(28)21(27)31-22)20-18(23(34)35)30-24(36)33(20)14-10-32(11-14)25(37)38-26(4,5)6/h7-9,12,14H,10-11H2,1-6H3,(H,30,36). The molecule has 0 aromatic carbocycles. The number of aryl methyl sites for hydroxylation is 1. The zero-order valence-electron chi connectivity index (χ0n) is 21.9. The van der Waals surface area contributed by atoms with Gasteiger partial charge in [0.15, 0.2) is 16.6 Å². The van der Waals surface area contributed by atoms with Crippen molar-refractivity contribution in [2.45, 2.75) is 59.1 Å². The van der Waals surface area contributed by atoms with E-state index in [1.165, 1.54) is 20.1 Å². The van der Waals surface area contributed by atoms with E-state index in [1.807, 2.05) is 20.8 Å². The van der Waals surface area contributed by atoms with Gasteiger partial charge in [-0.05, 0) is 51.3 Å². The van der Waals surface area contributed by atoms with Crippen LogP contribution in [0.4, 0.5) is 9.18 Å². The van der Waals surface area contributed by atoms with Crippen molar-refractivity contribution >= 4 is 39.8 Å². The molecule has 5 rings (SSSR count). The van der Waals surface area contributed by atoms with Gasteiger partial charge in [-0.1, -0.05) is 25.4 Å². The van der Waals surface area contributed by atoms with Gasteiger partial charge < -0.3 is 14.6 Å². The van der Waals surface area contributed by atoms with Crippen molar-refractivity contribution in [1.82, 2.24) is 29.0 Å². The first-order chi connectivity index (χ1) is 17.8. The van der Waals surface area contributed by atoms with Crippen molar-refractivity contribution in [2.75, 3.05) is 13.1 Å². The number of amides is 1. The summed E-state index contributed by atoms with van der Waals surface area (Å²) in [5.74, 6) is -0.835. The summed E-state index contributed by atoms with van der Waals surface area (Å²) in [5.41, 5.74) is 0.447. The van der Waals surface area contributed by atoms with Crippen LogP contribution in [0.2, 0.25) is 5.15 Å². The molecule has 200 valence electrons. The maximum atomic E-state index is 14.8. The van der Waals surface area contributed by atoms with Gasteiger partial charge >= 0.3 is 11.8 Å². The number of H-pyrrole nitrogens is 1. The van der Waals surface area contributed by atoms with Crippen LogP contribution in [-0.4, -0.2) is 53.8 Å². The van der Waals surface area contributed by atoms with E-state index in [0.29, 0.717) is 11.4 Å². The van der Waals surface area contributed by atoms with Crippen LogP contribution in [0.3, 0.4) is 0 Å². The van der Waals surface area contributed by atoms with E-state index < -0.39 is 40.0 Å². The number of carbonyl (C=O) groups excluding carboxylic acids is 1. The second-order valence-corrected chi connectivity index (χ2v) is 11.2. The number of halogens is 2. The predicted molar refractivity (Wildman–Crippen MR) is 142 cm³/mol. The number of carbonyl (C=O) groups is 1. The molecule has 0 aliphatic carbocycles. The first-order valence-corrected chi connectivity index (χ1v) is 12.6. The Morgan fingerprint density at radius 1 is 1.26 bits per heavy atom. The van der Waals surface area contributed by atoms with Crippen LogP contribution < -0.4 is 11.2 Å². The summed E-state index contributed by atoms with van der Waals surface area (Å²) in [6.45, 7) is 11.4. The van der Waals surface area contributed by atoms with Crippen molar-refractivity contribution in [3.8, 4) is 5.69 Å². The lowest BCUT2D eigenvalue weighted by Gasteiger charge is -2.40. The van der Waals surface area contributed by atoms with Crippen molar-refractivity contribution in [1.29, 1.82) is 0 Å². The van der Waals surface area contributed by atoms with Gasteiger partial charge in [0.05, 0.1) is 22.9 Å². The van der Waals surface area contributed by atoms with Crippen LogP contribution in [0.5, 0.6) is 0 Å². The summed E-state index contributed by atoms with van der Waals surface area (Å²) in [5, 5.41) is -0.171. The monoisotopic (exact) mass is 542 g/mol. The molecule has 1 aliphatic rings. The van der Waals surface area contributed by atoms with Crippen molar-refractivity contribution in [2.24, 2.45) is 0 Å². The second kappa shape index (κ2) is 8.93. The van der Waals surface area contributed by atoms with E-state index in [9.17, 15) is 18.8 Å². The molecule has 1 amide bonds. The first-order valence-electron chi connectivity index (χ1n) is 12.3. The Bertz CT molecular complexity index is 1730. The van der Waals surface area contributed by atoms with Crippen molar-refractivity contribution in [3.05, 3.63) is 61.4 Å². The molecule has 0 bridgehead atoms. The van der Waals surface area contributed by atoms with Crippen molar-refractivity contribution < 1.29 is 13.9 Å². The Morgan fingerprint density at radius 3 is 2.58 bits per heavy atom. The topological polar surface area (TPSA) is 115 Å². The molecule has 4 aromatic rings. The number of aromatic amines is 1. The first kappa shape index (κ1) is 25.9. The van der Waals surface area contributed by atoms with Crippen LogP contribution in [0.15, 0.2) is 27.9 Å².